The highest BCUT2D eigenvalue weighted by Gasteiger charge is 2.11. The Bertz CT molecular complexity index is 429. The monoisotopic (exact) mass is 299 g/mol. The number of nitrogens with one attached hydrogen (secondary N) is 2. The number of carbonyl (C=O) groups is 1. The van der Waals surface area contributed by atoms with Gasteiger partial charge in [0.05, 0.1) is 11.8 Å². The molecule has 1 aromatic heterocycles. The fourth-order valence-corrected chi connectivity index (χ4v) is 1.90. The number of aliphatic hydroxyl groups is 1. The predicted molar refractivity (Wildman–Crippen MR) is 80.9 cm³/mol. The van der Waals surface area contributed by atoms with Gasteiger partial charge in [-0.25, -0.2) is 4.98 Å². The van der Waals surface area contributed by atoms with Crippen molar-refractivity contribution in [3.8, 4) is 0 Å². The molecule has 1 heterocycles. The highest BCUT2D eigenvalue weighted by molar-refractivity contribution is 6.32. The molecule has 0 bridgehead atoms. The Morgan fingerprint density at radius 2 is 2.30 bits per heavy atom. The highest BCUT2D eigenvalue weighted by Crippen LogP contribution is 2.17. The number of anilines is 1. The van der Waals surface area contributed by atoms with Gasteiger partial charge in [-0.15, -0.1) is 0 Å². The van der Waals surface area contributed by atoms with Crippen LogP contribution >= 0.6 is 11.6 Å². The number of rotatable bonds is 8. The number of carbonyl (C=O) groups excluding carboxylic acids is 1. The van der Waals surface area contributed by atoms with Crippen molar-refractivity contribution in [1.82, 2.24) is 10.3 Å². The van der Waals surface area contributed by atoms with E-state index in [0.29, 0.717) is 25.1 Å². The summed E-state index contributed by atoms with van der Waals surface area (Å²) < 4.78 is 0. The quantitative estimate of drug-likeness (QED) is 0.643. The van der Waals surface area contributed by atoms with Crippen LogP contribution in [0, 0.1) is 0 Å². The van der Waals surface area contributed by atoms with Crippen LogP contribution in [-0.4, -0.2) is 34.7 Å². The summed E-state index contributed by atoms with van der Waals surface area (Å²) in [6, 6.07) is 3.47. The molecule has 0 aliphatic heterocycles. The number of hydrogen-bond acceptors (Lipinski definition) is 4. The second-order valence-corrected chi connectivity index (χ2v) is 5.16. The molecule has 0 saturated carbocycles. The Labute approximate surface area is 124 Å². The molecule has 0 aliphatic carbocycles. The van der Waals surface area contributed by atoms with E-state index in [1.54, 1.807) is 18.3 Å². The lowest BCUT2D eigenvalue weighted by molar-refractivity contribution is -0.116. The van der Waals surface area contributed by atoms with E-state index in [4.69, 9.17) is 11.6 Å². The molecule has 2 unspecified atom stereocenters. The van der Waals surface area contributed by atoms with Crippen LogP contribution < -0.4 is 10.6 Å². The molecule has 20 heavy (non-hydrogen) atoms. The lowest BCUT2D eigenvalue weighted by Crippen LogP contribution is -2.32. The van der Waals surface area contributed by atoms with E-state index in [0.717, 1.165) is 6.42 Å². The number of halogens is 1. The van der Waals surface area contributed by atoms with Gasteiger partial charge in [0.1, 0.15) is 0 Å². The third-order valence-electron chi connectivity index (χ3n) is 2.97. The zero-order chi connectivity index (χ0) is 15.0. The molecule has 1 aromatic rings. The van der Waals surface area contributed by atoms with Crippen LogP contribution in [-0.2, 0) is 4.79 Å². The summed E-state index contributed by atoms with van der Waals surface area (Å²) in [7, 11) is 0. The van der Waals surface area contributed by atoms with E-state index in [2.05, 4.69) is 15.6 Å². The van der Waals surface area contributed by atoms with Gasteiger partial charge in [0.2, 0.25) is 5.91 Å². The minimum Gasteiger partial charge on any atom is -0.393 e. The van der Waals surface area contributed by atoms with Crippen LogP contribution in [0.3, 0.4) is 0 Å². The first-order valence-corrected chi connectivity index (χ1v) is 7.22. The summed E-state index contributed by atoms with van der Waals surface area (Å²) in [5.41, 5.74) is 0.521. The Morgan fingerprint density at radius 3 is 2.95 bits per heavy atom. The molecule has 0 aliphatic rings. The molecule has 0 fully saturated rings. The van der Waals surface area contributed by atoms with Gasteiger partial charge in [0, 0.05) is 18.7 Å². The van der Waals surface area contributed by atoms with E-state index in [1.807, 2.05) is 13.8 Å². The average molecular weight is 300 g/mol. The Kier molecular flexibility index (Phi) is 7.51. The van der Waals surface area contributed by atoms with Gasteiger partial charge in [-0.2, -0.15) is 0 Å². The van der Waals surface area contributed by atoms with E-state index in [9.17, 15) is 9.90 Å². The number of aromatic nitrogens is 1. The summed E-state index contributed by atoms with van der Waals surface area (Å²) in [5, 5.41) is 15.7. The SMILES string of the molecule is CCC(O)CCNC(C)CC(=O)Nc1cccnc1Cl. The molecular formula is C14H22ClN3O2. The molecule has 1 rings (SSSR count). The lowest BCUT2D eigenvalue weighted by Gasteiger charge is -2.15. The van der Waals surface area contributed by atoms with E-state index in [1.165, 1.54) is 0 Å². The molecule has 1 amide bonds. The summed E-state index contributed by atoms with van der Waals surface area (Å²) in [5.74, 6) is -0.115. The number of amides is 1. The normalized spacial score (nSPS) is 13.8. The minimum atomic E-state index is -0.280. The largest absolute Gasteiger partial charge is 0.393 e. The van der Waals surface area contributed by atoms with Crippen molar-refractivity contribution < 1.29 is 9.90 Å². The van der Waals surface area contributed by atoms with Crippen molar-refractivity contribution in [2.45, 2.75) is 45.3 Å². The van der Waals surface area contributed by atoms with E-state index < -0.39 is 0 Å². The summed E-state index contributed by atoms with van der Waals surface area (Å²) in [4.78, 5) is 15.7. The first kappa shape index (κ1) is 16.9. The van der Waals surface area contributed by atoms with Gasteiger partial charge >= 0.3 is 0 Å². The molecule has 0 radical (unpaired) electrons. The summed E-state index contributed by atoms with van der Waals surface area (Å²) in [6.07, 6.45) is 3.07. The zero-order valence-corrected chi connectivity index (χ0v) is 12.7. The third-order valence-corrected chi connectivity index (χ3v) is 3.27. The summed E-state index contributed by atoms with van der Waals surface area (Å²) in [6.45, 7) is 4.57. The van der Waals surface area contributed by atoms with Crippen molar-refractivity contribution in [1.29, 1.82) is 0 Å². The van der Waals surface area contributed by atoms with Gasteiger partial charge in [0.25, 0.3) is 0 Å². The third kappa shape index (κ3) is 6.32. The van der Waals surface area contributed by atoms with Crippen LogP contribution in [0.1, 0.15) is 33.1 Å². The van der Waals surface area contributed by atoms with Crippen molar-refractivity contribution in [2.24, 2.45) is 0 Å². The van der Waals surface area contributed by atoms with Crippen LogP contribution in [0.25, 0.3) is 0 Å². The molecular weight excluding hydrogens is 278 g/mol. The number of hydrogen-bond donors (Lipinski definition) is 3. The Hall–Kier alpha value is -1.17. The lowest BCUT2D eigenvalue weighted by atomic mass is 10.2. The maximum Gasteiger partial charge on any atom is 0.226 e. The standard InChI is InChI=1S/C14H22ClN3O2/c1-3-11(19)6-8-16-10(2)9-13(20)18-12-5-4-7-17-14(12)15/h4-5,7,10-11,16,19H,3,6,8-9H2,1-2H3,(H,18,20). The first-order valence-electron chi connectivity index (χ1n) is 6.84. The molecule has 2 atom stereocenters. The van der Waals surface area contributed by atoms with Crippen molar-refractivity contribution in [3.05, 3.63) is 23.5 Å². The Balaban J connectivity index is 2.30. The molecule has 0 aromatic carbocycles. The fraction of sp³-hybridized carbons (Fsp3) is 0.571. The molecule has 112 valence electrons. The van der Waals surface area contributed by atoms with Crippen molar-refractivity contribution in [3.63, 3.8) is 0 Å². The number of nitrogens with zero attached hydrogens (tertiary/aromatic N) is 1. The molecule has 0 saturated heterocycles. The van der Waals surface area contributed by atoms with E-state index in [-0.39, 0.29) is 23.2 Å². The molecule has 3 N–H and O–H groups in total. The van der Waals surface area contributed by atoms with Crippen LogP contribution in [0.15, 0.2) is 18.3 Å². The maximum atomic E-state index is 11.8. The fourth-order valence-electron chi connectivity index (χ4n) is 1.73. The predicted octanol–water partition coefficient (Wildman–Crippen LogP) is 2.20. The van der Waals surface area contributed by atoms with Gasteiger partial charge in [-0.1, -0.05) is 18.5 Å². The minimum absolute atomic E-state index is 0.0366. The average Bonchev–Trinajstić information content (AvgIpc) is 2.41. The second kappa shape index (κ2) is 8.89. The first-order chi connectivity index (χ1) is 9.52. The molecule has 0 spiro atoms. The van der Waals surface area contributed by atoms with Crippen LogP contribution in [0.5, 0.6) is 0 Å². The Morgan fingerprint density at radius 1 is 1.55 bits per heavy atom. The smallest absolute Gasteiger partial charge is 0.226 e. The highest BCUT2D eigenvalue weighted by atomic mass is 35.5. The van der Waals surface area contributed by atoms with Gasteiger partial charge < -0.3 is 15.7 Å². The van der Waals surface area contributed by atoms with Crippen LogP contribution in [0.4, 0.5) is 5.69 Å². The van der Waals surface area contributed by atoms with Gasteiger partial charge in [-0.3, -0.25) is 4.79 Å². The van der Waals surface area contributed by atoms with E-state index >= 15 is 0 Å². The zero-order valence-electron chi connectivity index (χ0n) is 11.9. The summed E-state index contributed by atoms with van der Waals surface area (Å²) >= 11 is 5.87. The molecule has 6 heteroatoms. The topological polar surface area (TPSA) is 74.2 Å². The maximum absolute atomic E-state index is 11.8. The molecule has 5 nitrogen and oxygen atoms in total. The number of pyridine rings is 1. The van der Waals surface area contributed by atoms with Crippen LogP contribution in [0.2, 0.25) is 5.15 Å². The number of aliphatic hydroxyl groups excluding tert-OH is 1. The van der Waals surface area contributed by atoms with Gasteiger partial charge in [-0.05, 0) is 38.4 Å². The van der Waals surface area contributed by atoms with Crippen molar-refractivity contribution in [2.75, 3.05) is 11.9 Å². The van der Waals surface area contributed by atoms with Gasteiger partial charge in [0.15, 0.2) is 5.15 Å². The second-order valence-electron chi connectivity index (χ2n) is 4.80. The van der Waals surface area contributed by atoms with Crippen molar-refractivity contribution >= 4 is 23.2 Å².